The van der Waals surface area contributed by atoms with E-state index in [0.29, 0.717) is 19.3 Å². The molecule has 0 saturated heterocycles. The van der Waals surface area contributed by atoms with Gasteiger partial charge in [0.2, 0.25) is 0 Å². The van der Waals surface area contributed by atoms with Crippen molar-refractivity contribution in [1.82, 2.24) is 5.32 Å². The quantitative estimate of drug-likeness (QED) is 0.791. The normalized spacial score (nSPS) is 21.1. The first kappa shape index (κ1) is 15.9. The molecule has 1 aromatic carbocycles. The van der Waals surface area contributed by atoms with Gasteiger partial charge in [0.25, 0.3) is 0 Å². The molecule has 114 valence electrons. The minimum Gasteiger partial charge on any atom is -0.481 e. The van der Waals surface area contributed by atoms with E-state index in [0.717, 1.165) is 12.1 Å². The van der Waals surface area contributed by atoms with Gasteiger partial charge in [0.05, 0.1) is 21.7 Å². The number of nitrogens with one attached hydrogen (secondary N) is 2. The summed E-state index contributed by atoms with van der Waals surface area (Å²) < 4.78 is 13.0. The van der Waals surface area contributed by atoms with Crippen LogP contribution in [-0.4, -0.2) is 23.1 Å². The van der Waals surface area contributed by atoms with Crippen molar-refractivity contribution in [3.05, 3.63) is 28.0 Å². The maximum absolute atomic E-state index is 13.0. The Morgan fingerprint density at radius 2 is 1.86 bits per heavy atom. The predicted molar refractivity (Wildman–Crippen MR) is 77.3 cm³/mol. The van der Waals surface area contributed by atoms with Crippen LogP contribution in [0.1, 0.15) is 19.3 Å². The van der Waals surface area contributed by atoms with Crippen LogP contribution in [0.15, 0.2) is 12.1 Å². The highest BCUT2D eigenvalue weighted by Crippen LogP contribution is 2.31. The van der Waals surface area contributed by atoms with Crippen LogP contribution >= 0.6 is 23.2 Å². The Kier molecular flexibility index (Phi) is 4.90. The number of anilines is 1. The van der Waals surface area contributed by atoms with E-state index in [4.69, 9.17) is 28.3 Å². The zero-order valence-corrected chi connectivity index (χ0v) is 12.3. The van der Waals surface area contributed by atoms with Gasteiger partial charge in [-0.2, -0.15) is 0 Å². The van der Waals surface area contributed by atoms with Crippen LogP contribution in [0.5, 0.6) is 0 Å². The third kappa shape index (κ3) is 3.98. The molecule has 0 bridgehead atoms. The Bertz CT molecular complexity index is 560. The third-order valence-electron chi connectivity index (χ3n) is 3.36. The van der Waals surface area contributed by atoms with E-state index in [2.05, 4.69) is 10.6 Å². The second-order valence-electron chi connectivity index (χ2n) is 4.89. The number of urea groups is 1. The maximum Gasteiger partial charge on any atom is 0.319 e. The summed E-state index contributed by atoms with van der Waals surface area (Å²) in [5.41, 5.74) is 0.116. The first-order valence-corrected chi connectivity index (χ1v) is 7.07. The first-order chi connectivity index (χ1) is 9.86. The van der Waals surface area contributed by atoms with Gasteiger partial charge in [0.1, 0.15) is 5.82 Å². The van der Waals surface area contributed by atoms with Crippen LogP contribution < -0.4 is 10.6 Å². The second kappa shape index (κ2) is 6.49. The van der Waals surface area contributed by atoms with E-state index in [9.17, 15) is 14.0 Å². The van der Waals surface area contributed by atoms with Crippen molar-refractivity contribution in [1.29, 1.82) is 0 Å². The Labute approximate surface area is 130 Å². The summed E-state index contributed by atoms with van der Waals surface area (Å²) in [6, 6.07) is 1.31. The highest BCUT2D eigenvalue weighted by Gasteiger charge is 2.30. The summed E-state index contributed by atoms with van der Waals surface area (Å²) in [4.78, 5) is 22.7. The number of hydrogen-bond acceptors (Lipinski definition) is 2. The predicted octanol–water partition coefficient (Wildman–Crippen LogP) is 3.51. The van der Waals surface area contributed by atoms with Gasteiger partial charge in [-0.25, -0.2) is 9.18 Å². The Balaban J connectivity index is 1.96. The Morgan fingerprint density at radius 3 is 2.38 bits per heavy atom. The molecule has 0 aromatic heterocycles. The van der Waals surface area contributed by atoms with Crippen LogP contribution in [0.25, 0.3) is 0 Å². The number of carboxylic acid groups (broad SMARTS) is 1. The monoisotopic (exact) mass is 334 g/mol. The van der Waals surface area contributed by atoms with Gasteiger partial charge in [-0.3, -0.25) is 4.79 Å². The number of carboxylic acids is 1. The molecule has 2 unspecified atom stereocenters. The summed E-state index contributed by atoms with van der Waals surface area (Å²) in [5.74, 6) is -1.89. The number of aliphatic carboxylic acids is 1. The molecule has 2 rings (SSSR count). The number of benzene rings is 1. The molecule has 21 heavy (non-hydrogen) atoms. The zero-order chi connectivity index (χ0) is 15.6. The fourth-order valence-corrected chi connectivity index (χ4v) is 2.89. The van der Waals surface area contributed by atoms with E-state index in [1.54, 1.807) is 0 Å². The van der Waals surface area contributed by atoms with Crippen molar-refractivity contribution in [3.8, 4) is 0 Å². The van der Waals surface area contributed by atoms with Crippen LogP contribution in [0, 0.1) is 11.7 Å². The fraction of sp³-hybridized carbons (Fsp3) is 0.385. The van der Waals surface area contributed by atoms with E-state index in [1.807, 2.05) is 0 Å². The molecule has 8 heteroatoms. The van der Waals surface area contributed by atoms with Crippen molar-refractivity contribution in [2.75, 3.05) is 5.32 Å². The lowest BCUT2D eigenvalue weighted by molar-refractivity contribution is -0.141. The summed E-state index contributed by atoms with van der Waals surface area (Å²) >= 11 is 11.6. The van der Waals surface area contributed by atoms with Crippen LogP contribution in [0.3, 0.4) is 0 Å². The van der Waals surface area contributed by atoms with E-state index in [1.165, 1.54) is 0 Å². The molecule has 1 aromatic rings. The van der Waals surface area contributed by atoms with Gasteiger partial charge in [0.15, 0.2) is 0 Å². The summed E-state index contributed by atoms with van der Waals surface area (Å²) in [6.07, 6.45) is 1.50. The number of rotatable bonds is 3. The van der Waals surface area contributed by atoms with E-state index >= 15 is 0 Å². The molecule has 0 radical (unpaired) electrons. The average Bonchev–Trinajstić information content (AvgIpc) is 2.82. The Morgan fingerprint density at radius 1 is 1.24 bits per heavy atom. The molecule has 0 heterocycles. The molecule has 1 aliphatic carbocycles. The van der Waals surface area contributed by atoms with E-state index in [-0.39, 0.29) is 21.8 Å². The number of carbonyl (C=O) groups is 2. The molecule has 0 spiro atoms. The highest BCUT2D eigenvalue weighted by atomic mass is 35.5. The molecular weight excluding hydrogens is 322 g/mol. The molecule has 2 amide bonds. The molecule has 1 fully saturated rings. The van der Waals surface area contributed by atoms with Gasteiger partial charge in [-0.1, -0.05) is 23.2 Å². The molecule has 3 N–H and O–H groups in total. The molecule has 2 atom stereocenters. The lowest BCUT2D eigenvalue weighted by Gasteiger charge is -2.15. The molecule has 5 nitrogen and oxygen atoms in total. The van der Waals surface area contributed by atoms with Gasteiger partial charge in [-0.15, -0.1) is 0 Å². The Hall–Kier alpha value is -1.53. The van der Waals surface area contributed by atoms with Crippen molar-refractivity contribution < 1.29 is 19.1 Å². The van der Waals surface area contributed by atoms with Crippen molar-refractivity contribution in [2.45, 2.75) is 25.3 Å². The molecule has 0 aliphatic heterocycles. The SMILES string of the molecule is O=C(Nc1c(Cl)cc(F)cc1Cl)NC1CCC(C(=O)O)C1. The maximum atomic E-state index is 13.0. The van der Waals surface area contributed by atoms with Crippen LogP contribution in [0.4, 0.5) is 14.9 Å². The first-order valence-electron chi connectivity index (χ1n) is 6.31. The molecular formula is C13H13Cl2FN2O3. The summed E-state index contributed by atoms with van der Waals surface area (Å²) in [7, 11) is 0. The number of carbonyl (C=O) groups excluding carboxylic acids is 1. The van der Waals surface area contributed by atoms with Crippen LogP contribution in [-0.2, 0) is 4.79 Å². The smallest absolute Gasteiger partial charge is 0.319 e. The van der Waals surface area contributed by atoms with Crippen molar-refractivity contribution in [3.63, 3.8) is 0 Å². The van der Waals surface area contributed by atoms with Crippen LogP contribution in [0.2, 0.25) is 10.0 Å². The second-order valence-corrected chi connectivity index (χ2v) is 5.70. The van der Waals surface area contributed by atoms with Gasteiger partial charge < -0.3 is 15.7 Å². The van der Waals surface area contributed by atoms with Gasteiger partial charge in [-0.05, 0) is 31.4 Å². The minimum absolute atomic E-state index is 0.00927. The third-order valence-corrected chi connectivity index (χ3v) is 3.96. The number of halogens is 3. The van der Waals surface area contributed by atoms with Crippen molar-refractivity contribution >= 4 is 40.9 Å². The lowest BCUT2D eigenvalue weighted by atomic mass is 10.1. The zero-order valence-electron chi connectivity index (χ0n) is 10.8. The largest absolute Gasteiger partial charge is 0.481 e. The molecule has 1 aliphatic rings. The lowest BCUT2D eigenvalue weighted by Crippen LogP contribution is -2.36. The minimum atomic E-state index is -0.857. The standard InChI is InChI=1S/C13H13Cl2FN2O3/c14-9-4-7(16)5-10(15)11(9)18-13(21)17-8-2-1-6(3-8)12(19)20/h4-6,8H,1-3H2,(H,19,20)(H2,17,18,21). The summed E-state index contributed by atoms with van der Waals surface area (Å²) in [6.45, 7) is 0. The van der Waals surface area contributed by atoms with Crippen molar-refractivity contribution in [2.24, 2.45) is 5.92 Å². The average molecular weight is 335 g/mol. The number of hydrogen-bond donors (Lipinski definition) is 3. The molecule has 1 saturated carbocycles. The van der Waals surface area contributed by atoms with E-state index < -0.39 is 23.7 Å². The topological polar surface area (TPSA) is 78.4 Å². The van der Waals surface area contributed by atoms with Gasteiger partial charge >= 0.3 is 12.0 Å². The number of amides is 2. The fourth-order valence-electron chi connectivity index (χ4n) is 2.33. The van der Waals surface area contributed by atoms with Gasteiger partial charge in [0, 0.05) is 6.04 Å². The summed E-state index contributed by atoms with van der Waals surface area (Å²) in [5, 5.41) is 14.0. The highest BCUT2D eigenvalue weighted by molar-refractivity contribution is 6.39.